The molecule has 6 heteroatoms. The van der Waals surface area contributed by atoms with E-state index in [1.165, 1.54) is 25.3 Å². The lowest BCUT2D eigenvalue weighted by molar-refractivity contribution is -0.158. The molecule has 1 aromatic carbocycles. The number of hydrogen-bond donors (Lipinski definition) is 2. The SMILES string of the molecule is C=CCC(CC=C)(CC=C)OC1(CC=C)CC(/C=C/C(=O)CC(=O)/C=C/c2ccc(O)c(OC)c2)CC=C1O. The fourth-order valence-electron chi connectivity index (χ4n) is 4.86. The van der Waals surface area contributed by atoms with Gasteiger partial charge >= 0.3 is 0 Å². The second kappa shape index (κ2) is 14.9. The molecule has 1 aromatic rings. The van der Waals surface area contributed by atoms with E-state index in [4.69, 9.17) is 9.47 Å². The van der Waals surface area contributed by atoms with Crippen molar-refractivity contribution in [2.45, 2.75) is 56.1 Å². The molecule has 0 aliphatic heterocycles. The summed E-state index contributed by atoms with van der Waals surface area (Å²) in [7, 11) is 1.44. The maximum absolute atomic E-state index is 12.5. The molecule has 0 radical (unpaired) electrons. The molecule has 0 amide bonds. The third kappa shape index (κ3) is 8.82. The van der Waals surface area contributed by atoms with Gasteiger partial charge in [0.1, 0.15) is 11.4 Å². The van der Waals surface area contributed by atoms with Gasteiger partial charge in [-0.1, -0.05) is 42.5 Å². The fourth-order valence-corrected chi connectivity index (χ4v) is 4.86. The minimum atomic E-state index is -1.02. The summed E-state index contributed by atoms with van der Waals surface area (Å²) in [5, 5.41) is 20.7. The summed E-state index contributed by atoms with van der Waals surface area (Å²) in [6.07, 6.45) is 17.6. The van der Waals surface area contributed by atoms with Crippen molar-refractivity contribution in [2.24, 2.45) is 5.92 Å². The summed E-state index contributed by atoms with van der Waals surface area (Å²) in [5.74, 6) is -0.308. The van der Waals surface area contributed by atoms with Gasteiger partial charge in [-0.2, -0.15) is 0 Å². The minimum Gasteiger partial charge on any atom is -0.510 e. The number of carbonyl (C=O) groups excluding carboxylic acids is 2. The van der Waals surface area contributed by atoms with Crippen LogP contribution in [0.2, 0.25) is 0 Å². The van der Waals surface area contributed by atoms with Crippen LogP contribution in [0.25, 0.3) is 6.08 Å². The third-order valence-corrected chi connectivity index (χ3v) is 6.68. The van der Waals surface area contributed by atoms with E-state index >= 15 is 0 Å². The van der Waals surface area contributed by atoms with Gasteiger partial charge in [-0.15, -0.1) is 26.3 Å². The Bertz CT molecular complexity index is 1130. The smallest absolute Gasteiger partial charge is 0.163 e. The molecule has 0 bridgehead atoms. The van der Waals surface area contributed by atoms with Crippen LogP contribution in [0.4, 0.5) is 0 Å². The molecule has 208 valence electrons. The highest BCUT2D eigenvalue weighted by Gasteiger charge is 2.45. The van der Waals surface area contributed by atoms with Crippen molar-refractivity contribution in [1.29, 1.82) is 0 Å². The number of aromatic hydroxyl groups is 1. The molecule has 0 heterocycles. The summed E-state index contributed by atoms with van der Waals surface area (Å²) in [6, 6.07) is 4.71. The predicted molar refractivity (Wildman–Crippen MR) is 157 cm³/mol. The average Bonchev–Trinajstić information content (AvgIpc) is 2.89. The van der Waals surface area contributed by atoms with Crippen molar-refractivity contribution in [3.63, 3.8) is 0 Å². The highest BCUT2D eigenvalue weighted by Crippen LogP contribution is 2.44. The molecular formula is C33H40O6. The van der Waals surface area contributed by atoms with E-state index in [-0.39, 0.29) is 35.4 Å². The Kier molecular flexibility index (Phi) is 12.0. The normalized spacial score (nSPS) is 19.4. The zero-order chi connectivity index (χ0) is 28.9. The van der Waals surface area contributed by atoms with Crippen LogP contribution in [0.1, 0.15) is 50.5 Å². The maximum Gasteiger partial charge on any atom is 0.163 e. The first-order valence-electron chi connectivity index (χ1n) is 13.0. The molecule has 1 aliphatic rings. The molecule has 0 aromatic heterocycles. The average molecular weight is 533 g/mol. The van der Waals surface area contributed by atoms with Crippen molar-refractivity contribution in [1.82, 2.24) is 0 Å². The van der Waals surface area contributed by atoms with Gasteiger partial charge in [-0.05, 0) is 73.9 Å². The van der Waals surface area contributed by atoms with E-state index in [2.05, 4.69) is 26.3 Å². The van der Waals surface area contributed by atoms with Gasteiger partial charge in [0.25, 0.3) is 0 Å². The number of benzene rings is 1. The van der Waals surface area contributed by atoms with Crippen LogP contribution in [0.5, 0.6) is 11.5 Å². The van der Waals surface area contributed by atoms with Gasteiger partial charge in [-0.3, -0.25) is 9.59 Å². The van der Waals surface area contributed by atoms with E-state index in [9.17, 15) is 19.8 Å². The number of allylic oxidation sites excluding steroid dienone is 4. The molecule has 1 aliphatic carbocycles. The van der Waals surface area contributed by atoms with E-state index in [0.29, 0.717) is 49.8 Å². The van der Waals surface area contributed by atoms with Crippen LogP contribution in [-0.4, -0.2) is 40.1 Å². The second-order valence-electron chi connectivity index (χ2n) is 9.77. The zero-order valence-corrected chi connectivity index (χ0v) is 22.8. The number of hydrogen-bond acceptors (Lipinski definition) is 6. The van der Waals surface area contributed by atoms with Gasteiger partial charge in [0.15, 0.2) is 23.1 Å². The summed E-state index contributed by atoms with van der Waals surface area (Å²) < 4.78 is 11.8. The Hall–Kier alpha value is -3.90. The summed E-state index contributed by atoms with van der Waals surface area (Å²) in [5.41, 5.74) is -1.03. The van der Waals surface area contributed by atoms with E-state index in [1.807, 2.05) is 0 Å². The standard InChI is InChI=1S/C33H40O6/c1-6-18-32(19-7-2,20-8-3)39-33(21-9-4)24-26(13-17-31(33)37)11-15-28(35)23-27(34)14-10-25-12-16-29(36)30(22-25)38-5/h6-12,14-17,22,26,36-37H,1-4,13,18-21,23-24H2,5H3/b14-10+,15-11+. The molecule has 2 N–H and O–H groups in total. The van der Waals surface area contributed by atoms with Gasteiger partial charge in [0, 0.05) is 6.42 Å². The van der Waals surface area contributed by atoms with Gasteiger partial charge in [0.05, 0.1) is 19.1 Å². The van der Waals surface area contributed by atoms with E-state index in [1.54, 1.807) is 54.7 Å². The van der Waals surface area contributed by atoms with Crippen LogP contribution < -0.4 is 4.74 Å². The van der Waals surface area contributed by atoms with Crippen molar-refractivity contribution < 1.29 is 29.3 Å². The first kappa shape index (κ1) is 31.3. The van der Waals surface area contributed by atoms with Crippen LogP contribution in [-0.2, 0) is 14.3 Å². The quantitative estimate of drug-likeness (QED) is 0.126. The van der Waals surface area contributed by atoms with Crippen molar-refractivity contribution >= 4 is 17.6 Å². The van der Waals surface area contributed by atoms with Crippen LogP contribution in [0.15, 0.2) is 98.9 Å². The van der Waals surface area contributed by atoms with Crippen molar-refractivity contribution in [3.05, 3.63) is 104 Å². The molecule has 0 saturated carbocycles. The number of phenolic OH excluding ortho intramolecular Hbond substituents is 1. The highest BCUT2D eigenvalue weighted by molar-refractivity contribution is 6.09. The Morgan fingerprint density at radius 3 is 2.26 bits per heavy atom. The summed E-state index contributed by atoms with van der Waals surface area (Å²) in [6.45, 7) is 15.5. The lowest BCUT2D eigenvalue weighted by Crippen LogP contribution is -2.47. The van der Waals surface area contributed by atoms with Gasteiger partial charge in [0.2, 0.25) is 0 Å². The molecule has 2 rings (SSSR count). The number of methoxy groups -OCH3 is 1. The van der Waals surface area contributed by atoms with E-state index < -0.39 is 11.2 Å². The number of ketones is 2. The van der Waals surface area contributed by atoms with Crippen LogP contribution >= 0.6 is 0 Å². The molecule has 2 atom stereocenters. The maximum atomic E-state index is 12.5. The minimum absolute atomic E-state index is 0.00230. The highest BCUT2D eigenvalue weighted by atomic mass is 16.5. The second-order valence-corrected chi connectivity index (χ2v) is 9.77. The largest absolute Gasteiger partial charge is 0.510 e. The molecule has 0 spiro atoms. The number of aliphatic hydroxyl groups excluding tert-OH is 1. The molecular weight excluding hydrogens is 492 g/mol. The Balaban J connectivity index is 2.14. The van der Waals surface area contributed by atoms with Gasteiger partial charge in [-0.25, -0.2) is 0 Å². The zero-order valence-electron chi connectivity index (χ0n) is 22.8. The number of ether oxygens (including phenoxy) is 2. The Morgan fingerprint density at radius 2 is 1.67 bits per heavy atom. The van der Waals surface area contributed by atoms with Gasteiger partial charge < -0.3 is 19.7 Å². The first-order chi connectivity index (χ1) is 18.7. The molecule has 39 heavy (non-hydrogen) atoms. The lowest BCUT2D eigenvalue weighted by Gasteiger charge is -2.45. The molecule has 0 fully saturated rings. The molecule has 0 saturated heterocycles. The fraction of sp³-hybridized carbons (Fsp3) is 0.333. The number of carbonyl (C=O) groups is 2. The molecule has 6 nitrogen and oxygen atoms in total. The van der Waals surface area contributed by atoms with E-state index in [0.717, 1.165) is 0 Å². The van der Waals surface area contributed by atoms with Crippen LogP contribution in [0, 0.1) is 5.92 Å². The predicted octanol–water partition coefficient (Wildman–Crippen LogP) is 7.15. The Labute approximate surface area is 232 Å². The van der Waals surface area contributed by atoms with Crippen LogP contribution in [0.3, 0.4) is 0 Å². The van der Waals surface area contributed by atoms with Crippen molar-refractivity contribution in [3.8, 4) is 11.5 Å². The monoisotopic (exact) mass is 532 g/mol. The van der Waals surface area contributed by atoms with Crippen molar-refractivity contribution in [2.75, 3.05) is 7.11 Å². The summed E-state index contributed by atoms with van der Waals surface area (Å²) in [4.78, 5) is 24.9. The lowest BCUT2D eigenvalue weighted by atomic mass is 9.77. The number of rotatable bonds is 17. The summed E-state index contributed by atoms with van der Waals surface area (Å²) >= 11 is 0. The third-order valence-electron chi connectivity index (χ3n) is 6.68. The number of aliphatic hydroxyl groups is 1. The first-order valence-corrected chi connectivity index (χ1v) is 13.0. The topological polar surface area (TPSA) is 93.1 Å². The number of phenols is 1. The molecule has 2 unspecified atom stereocenters. The Morgan fingerprint density at radius 1 is 1.03 bits per heavy atom.